The van der Waals surface area contributed by atoms with Crippen LogP contribution in [0.1, 0.15) is 0 Å². The van der Waals surface area contributed by atoms with Gasteiger partial charge in [0.15, 0.2) is 0 Å². The summed E-state index contributed by atoms with van der Waals surface area (Å²) in [6, 6.07) is 10.4. The highest BCUT2D eigenvalue weighted by Gasteiger charge is 2.02. The van der Waals surface area contributed by atoms with Gasteiger partial charge in [0.2, 0.25) is 0 Å². The number of rotatable bonds is 1. The van der Waals surface area contributed by atoms with E-state index in [9.17, 15) is 0 Å². The average Bonchev–Trinajstić information content (AvgIpc) is 2.71. The number of pyridine rings is 1. The van der Waals surface area contributed by atoms with Crippen LogP contribution >= 0.6 is 0 Å². The predicted molar refractivity (Wildman–Crippen MR) is 70.6 cm³/mol. The van der Waals surface area contributed by atoms with Crippen LogP contribution in [0.5, 0.6) is 0 Å². The number of benzene rings is 1. The highest BCUT2D eigenvalue weighted by Crippen LogP contribution is 2.25. The Hall–Kier alpha value is -2.29. The number of aromatic nitrogens is 2. The lowest BCUT2D eigenvalue weighted by Crippen LogP contribution is -1.88. The minimum atomic E-state index is 0.690. The number of anilines is 1. The van der Waals surface area contributed by atoms with Crippen molar-refractivity contribution in [2.75, 3.05) is 5.73 Å². The summed E-state index contributed by atoms with van der Waals surface area (Å²) in [7, 11) is 2.05. The maximum atomic E-state index is 5.75. The van der Waals surface area contributed by atoms with E-state index in [-0.39, 0.29) is 0 Å². The maximum Gasteiger partial charge on any atom is 0.0506 e. The zero-order chi connectivity index (χ0) is 11.8. The second-order valence-corrected chi connectivity index (χ2v) is 4.21. The number of nitrogens with zero attached hydrogens (tertiary/aromatic N) is 2. The van der Waals surface area contributed by atoms with E-state index in [4.69, 9.17) is 5.73 Å². The van der Waals surface area contributed by atoms with Gasteiger partial charge in [-0.1, -0.05) is 6.07 Å². The van der Waals surface area contributed by atoms with Crippen molar-refractivity contribution in [2.24, 2.45) is 7.05 Å². The molecule has 0 atom stereocenters. The Morgan fingerprint density at radius 3 is 2.76 bits per heavy atom. The van der Waals surface area contributed by atoms with Crippen molar-refractivity contribution >= 4 is 16.6 Å². The quantitative estimate of drug-likeness (QED) is 0.689. The predicted octanol–water partition coefficient (Wildman–Crippen LogP) is 2.82. The highest BCUT2D eigenvalue weighted by atomic mass is 14.9. The maximum absolute atomic E-state index is 5.75. The van der Waals surface area contributed by atoms with E-state index in [1.165, 1.54) is 10.9 Å². The summed E-state index contributed by atoms with van der Waals surface area (Å²) in [6.07, 6.45) is 5.55. The topological polar surface area (TPSA) is 43.8 Å². The molecule has 0 aliphatic carbocycles. The lowest BCUT2D eigenvalue weighted by atomic mass is 10.1. The molecule has 0 aliphatic heterocycles. The molecular weight excluding hydrogens is 210 g/mol. The molecule has 0 fully saturated rings. The number of nitrogens with two attached hydrogens (primary N) is 1. The first-order valence-electron chi connectivity index (χ1n) is 5.50. The second kappa shape index (κ2) is 3.63. The van der Waals surface area contributed by atoms with Gasteiger partial charge < -0.3 is 10.3 Å². The summed E-state index contributed by atoms with van der Waals surface area (Å²) in [6.45, 7) is 0. The lowest BCUT2D eigenvalue weighted by Gasteiger charge is -2.03. The minimum Gasteiger partial charge on any atom is -0.397 e. The van der Waals surface area contributed by atoms with Crippen LogP contribution in [0.4, 0.5) is 5.69 Å². The van der Waals surface area contributed by atoms with Crippen molar-refractivity contribution < 1.29 is 0 Å². The van der Waals surface area contributed by atoms with Gasteiger partial charge in [-0.3, -0.25) is 4.98 Å². The van der Waals surface area contributed by atoms with Gasteiger partial charge in [0, 0.05) is 42.1 Å². The van der Waals surface area contributed by atoms with Crippen molar-refractivity contribution in [1.29, 1.82) is 0 Å². The number of nitrogen functional groups attached to an aromatic ring is 1. The van der Waals surface area contributed by atoms with Crippen LogP contribution in [0.2, 0.25) is 0 Å². The van der Waals surface area contributed by atoms with Crippen LogP contribution in [0.25, 0.3) is 22.0 Å². The summed E-state index contributed by atoms with van der Waals surface area (Å²) in [5.74, 6) is 0. The summed E-state index contributed by atoms with van der Waals surface area (Å²) < 4.78 is 2.11. The van der Waals surface area contributed by atoms with Gasteiger partial charge in [0.25, 0.3) is 0 Å². The van der Waals surface area contributed by atoms with Crippen molar-refractivity contribution in [1.82, 2.24) is 9.55 Å². The molecule has 0 spiro atoms. The Kier molecular flexibility index (Phi) is 2.11. The first-order chi connectivity index (χ1) is 8.24. The van der Waals surface area contributed by atoms with Crippen molar-refractivity contribution in [3.63, 3.8) is 0 Å². The van der Waals surface area contributed by atoms with E-state index in [1.807, 2.05) is 19.3 Å². The molecule has 0 saturated heterocycles. The van der Waals surface area contributed by atoms with Gasteiger partial charge in [0.1, 0.15) is 0 Å². The zero-order valence-corrected chi connectivity index (χ0v) is 9.59. The van der Waals surface area contributed by atoms with E-state index >= 15 is 0 Å². The molecule has 2 N–H and O–H groups in total. The van der Waals surface area contributed by atoms with E-state index in [1.54, 1.807) is 6.20 Å². The van der Waals surface area contributed by atoms with E-state index in [2.05, 4.69) is 40.0 Å². The standard InChI is InChI=1S/C14H13N3/c1-17-5-4-11-6-10(2-3-14(11)17)12-7-13(15)9-16-8-12/h2-9H,15H2,1H3. The molecule has 0 saturated carbocycles. The molecule has 0 bridgehead atoms. The molecule has 0 radical (unpaired) electrons. The molecule has 84 valence electrons. The molecule has 3 heteroatoms. The Morgan fingerprint density at radius 2 is 1.94 bits per heavy atom. The summed E-state index contributed by atoms with van der Waals surface area (Å²) in [5, 5.41) is 1.23. The molecule has 3 rings (SSSR count). The Morgan fingerprint density at radius 1 is 1.06 bits per heavy atom. The fraction of sp³-hybridized carbons (Fsp3) is 0.0714. The van der Waals surface area contributed by atoms with E-state index in [0.717, 1.165) is 11.1 Å². The van der Waals surface area contributed by atoms with Crippen molar-refractivity contribution in [2.45, 2.75) is 0 Å². The normalized spacial score (nSPS) is 10.9. The van der Waals surface area contributed by atoms with Crippen molar-refractivity contribution in [3.8, 4) is 11.1 Å². The minimum absolute atomic E-state index is 0.690. The Bertz CT molecular complexity index is 683. The molecule has 3 nitrogen and oxygen atoms in total. The molecule has 0 unspecified atom stereocenters. The van der Waals surface area contributed by atoms with Crippen molar-refractivity contribution in [3.05, 3.63) is 48.9 Å². The number of hydrogen-bond donors (Lipinski definition) is 1. The summed E-state index contributed by atoms with van der Waals surface area (Å²) in [4.78, 5) is 4.12. The number of hydrogen-bond acceptors (Lipinski definition) is 2. The summed E-state index contributed by atoms with van der Waals surface area (Å²) in [5.41, 5.74) is 9.86. The number of fused-ring (bicyclic) bond motifs is 1. The van der Waals surface area contributed by atoms with Gasteiger partial charge in [0.05, 0.1) is 5.69 Å². The molecule has 2 heterocycles. The van der Waals surface area contributed by atoms with Crippen LogP contribution in [0.15, 0.2) is 48.9 Å². The summed E-state index contributed by atoms with van der Waals surface area (Å²) >= 11 is 0. The fourth-order valence-corrected chi connectivity index (χ4v) is 2.08. The lowest BCUT2D eigenvalue weighted by molar-refractivity contribution is 0.969. The SMILES string of the molecule is Cn1ccc2cc(-c3cncc(N)c3)ccc21. The third kappa shape index (κ3) is 1.65. The molecule has 2 aromatic heterocycles. The molecule has 3 aromatic rings. The fourth-order valence-electron chi connectivity index (χ4n) is 2.08. The van der Waals surface area contributed by atoms with Crippen LogP contribution in [-0.2, 0) is 7.05 Å². The first-order valence-corrected chi connectivity index (χ1v) is 5.50. The smallest absolute Gasteiger partial charge is 0.0506 e. The van der Waals surface area contributed by atoms with Gasteiger partial charge in [-0.2, -0.15) is 0 Å². The largest absolute Gasteiger partial charge is 0.397 e. The molecular formula is C14H13N3. The monoisotopic (exact) mass is 223 g/mol. The average molecular weight is 223 g/mol. The molecule has 0 amide bonds. The first kappa shape index (κ1) is 9.90. The Balaban J connectivity index is 2.18. The van der Waals surface area contributed by atoms with Gasteiger partial charge in [-0.05, 0) is 29.8 Å². The van der Waals surface area contributed by atoms with Gasteiger partial charge in [-0.15, -0.1) is 0 Å². The van der Waals surface area contributed by atoms with E-state index < -0.39 is 0 Å². The van der Waals surface area contributed by atoms with Crippen LogP contribution in [0.3, 0.4) is 0 Å². The van der Waals surface area contributed by atoms with Crippen LogP contribution < -0.4 is 5.73 Å². The third-order valence-corrected chi connectivity index (χ3v) is 2.98. The van der Waals surface area contributed by atoms with Crippen LogP contribution in [0, 0.1) is 0 Å². The highest BCUT2D eigenvalue weighted by molar-refractivity contribution is 5.85. The molecule has 0 aliphatic rings. The third-order valence-electron chi connectivity index (χ3n) is 2.98. The van der Waals surface area contributed by atoms with Gasteiger partial charge in [-0.25, -0.2) is 0 Å². The van der Waals surface area contributed by atoms with Gasteiger partial charge >= 0.3 is 0 Å². The Labute approximate surface area is 99.5 Å². The van der Waals surface area contributed by atoms with Crippen LogP contribution in [-0.4, -0.2) is 9.55 Å². The molecule has 17 heavy (non-hydrogen) atoms. The number of aryl methyl sites for hydroxylation is 1. The second-order valence-electron chi connectivity index (χ2n) is 4.21. The molecule has 1 aromatic carbocycles. The van der Waals surface area contributed by atoms with E-state index in [0.29, 0.717) is 5.69 Å². The zero-order valence-electron chi connectivity index (χ0n) is 9.59.